The fourth-order valence-corrected chi connectivity index (χ4v) is 2.49. The van der Waals surface area contributed by atoms with Crippen LogP contribution in [-0.2, 0) is 10.0 Å². The first kappa shape index (κ1) is 16.0. The molecule has 0 radical (unpaired) electrons. The number of halogens is 1. The van der Waals surface area contributed by atoms with Crippen molar-refractivity contribution >= 4 is 21.7 Å². The molecule has 1 aromatic rings. The van der Waals surface area contributed by atoms with Gasteiger partial charge in [-0.25, -0.2) is 22.3 Å². The highest BCUT2D eigenvalue weighted by Gasteiger charge is 2.18. The van der Waals surface area contributed by atoms with Gasteiger partial charge in [0.2, 0.25) is 10.0 Å². The Labute approximate surface area is 115 Å². The average molecular weight is 306 g/mol. The van der Waals surface area contributed by atoms with Crippen molar-refractivity contribution in [3.8, 4) is 5.75 Å². The summed E-state index contributed by atoms with van der Waals surface area (Å²) in [5, 5.41) is 2.20. The number of urea groups is 1. The molecule has 0 bridgehead atoms. The van der Waals surface area contributed by atoms with E-state index in [2.05, 4.69) is 10.0 Å². The molecule has 112 valence electrons. The highest BCUT2D eigenvalue weighted by Crippen LogP contribution is 2.28. The SMILES string of the molecule is COc1c(N)cc(S(=O)(=O)NCCNC(N)=O)cc1F. The van der Waals surface area contributed by atoms with Crippen LogP contribution in [0.5, 0.6) is 5.75 Å². The lowest BCUT2D eigenvalue weighted by molar-refractivity contribution is 0.249. The van der Waals surface area contributed by atoms with E-state index in [1.165, 1.54) is 7.11 Å². The first-order valence-electron chi connectivity index (χ1n) is 5.44. The van der Waals surface area contributed by atoms with Crippen molar-refractivity contribution in [1.82, 2.24) is 10.0 Å². The lowest BCUT2D eigenvalue weighted by Gasteiger charge is -2.10. The summed E-state index contributed by atoms with van der Waals surface area (Å²) in [6.45, 7) is -0.0957. The molecule has 8 nitrogen and oxygen atoms in total. The van der Waals surface area contributed by atoms with Crippen LogP contribution in [-0.4, -0.2) is 34.6 Å². The number of hydrogen-bond donors (Lipinski definition) is 4. The van der Waals surface area contributed by atoms with Crippen LogP contribution in [0.3, 0.4) is 0 Å². The van der Waals surface area contributed by atoms with E-state index in [9.17, 15) is 17.6 Å². The number of rotatable bonds is 6. The Hall–Kier alpha value is -2.07. The number of benzene rings is 1. The van der Waals surface area contributed by atoms with Gasteiger partial charge in [-0.1, -0.05) is 0 Å². The quantitative estimate of drug-likeness (QED) is 0.409. The minimum atomic E-state index is -3.95. The number of nitrogens with one attached hydrogen (secondary N) is 2. The maximum atomic E-state index is 13.6. The van der Waals surface area contributed by atoms with Gasteiger partial charge in [-0.2, -0.15) is 0 Å². The van der Waals surface area contributed by atoms with Crippen LogP contribution in [0.25, 0.3) is 0 Å². The van der Waals surface area contributed by atoms with E-state index >= 15 is 0 Å². The van der Waals surface area contributed by atoms with Crippen LogP contribution < -0.4 is 26.2 Å². The summed E-state index contributed by atoms with van der Waals surface area (Å²) in [7, 11) is -2.73. The Morgan fingerprint density at radius 3 is 2.55 bits per heavy atom. The highest BCUT2D eigenvalue weighted by atomic mass is 32.2. The van der Waals surface area contributed by atoms with Crippen molar-refractivity contribution < 1.29 is 22.3 Å². The number of carbonyl (C=O) groups excluding carboxylic acids is 1. The highest BCUT2D eigenvalue weighted by molar-refractivity contribution is 7.89. The molecule has 0 aromatic heterocycles. The second-order valence-electron chi connectivity index (χ2n) is 3.72. The molecule has 0 saturated heterocycles. The van der Waals surface area contributed by atoms with Crippen LogP contribution in [0, 0.1) is 5.82 Å². The summed E-state index contributed by atoms with van der Waals surface area (Å²) in [5.41, 5.74) is 10.2. The molecule has 6 N–H and O–H groups in total. The molecule has 10 heteroatoms. The zero-order valence-corrected chi connectivity index (χ0v) is 11.5. The summed E-state index contributed by atoms with van der Waals surface area (Å²) in [4.78, 5) is 10.1. The van der Waals surface area contributed by atoms with Gasteiger partial charge in [0.05, 0.1) is 17.7 Å². The van der Waals surface area contributed by atoms with Crippen molar-refractivity contribution in [3.63, 3.8) is 0 Å². The molecule has 1 rings (SSSR count). The number of carbonyl (C=O) groups is 1. The van der Waals surface area contributed by atoms with Gasteiger partial charge in [0, 0.05) is 13.1 Å². The maximum Gasteiger partial charge on any atom is 0.312 e. The Morgan fingerprint density at radius 1 is 1.40 bits per heavy atom. The van der Waals surface area contributed by atoms with Gasteiger partial charge >= 0.3 is 6.03 Å². The number of primary amides is 1. The number of hydrogen-bond acceptors (Lipinski definition) is 5. The zero-order valence-electron chi connectivity index (χ0n) is 10.6. The molecule has 0 atom stereocenters. The molecule has 0 aliphatic carbocycles. The van der Waals surface area contributed by atoms with E-state index in [1.54, 1.807) is 0 Å². The van der Waals surface area contributed by atoms with Crippen molar-refractivity contribution in [2.24, 2.45) is 5.73 Å². The predicted molar refractivity (Wildman–Crippen MR) is 70.1 cm³/mol. The van der Waals surface area contributed by atoms with Crippen LogP contribution >= 0.6 is 0 Å². The van der Waals surface area contributed by atoms with E-state index in [-0.39, 0.29) is 29.4 Å². The van der Waals surface area contributed by atoms with Gasteiger partial charge in [-0.3, -0.25) is 0 Å². The van der Waals surface area contributed by atoms with Crippen molar-refractivity contribution in [1.29, 1.82) is 0 Å². The Morgan fingerprint density at radius 2 is 2.05 bits per heavy atom. The van der Waals surface area contributed by atoms with E-state index in [1.807, 2.05) is 0 Å². The van der Waals surface area contributed by atoms with E-state index in [0.29, 0.717) is 0 Å². The van der Waals surface area contributed by atoms with Gasteiger partial charge in [-0.15, -0.1) is 0 Å². The second kappa shape index (κ2) is 6.39. The van der Waals surface area contributed by atoms with E-state index in [4.69, 9.17) is 16.2 Å². The lowest BCUT2D eigenvalue weighted by atomic mass is 10.3. The molecular formula is C10H15FN4O4S. The molecule has 0 saturated carbocycles. The molecule has 1 aromatic carbocycles. The standard InChI is InChI=1S/C10H15FN4O4S/c1-19-9-7(11)4-6(5-8(9)12)20(17,18)15-3-2-14-10(13)16/h4-5,15H,2-3,12H2,1H3,(H3,13,14,16). The van der Waals surface area contributed by atoms with Crippen molar-refractivity contribution in [2.45, 2.75) is 4.90 Å². The fraction of sp³-hybridized carbons (Fsp3) is 0.300. The molecule has 20 heavy (non-hydrogen) atoms. The minimum Gasteiger partial charge on any atom is -0.492 e. The predicted octanol–water partition coefficient (Wildman–Crippen LogP) is -0.637. The monoisotopic (exact) mass is 306 g/mol. The molecule has 2 amide bonds. The van der Waals surface area contributed by atoms with Crippen molar-refractivity contribution in [2.75, 3.05) is 25.9 Å². The number of ether oxygens (including phenoxy) is 1. The van der Waals surface area contributed by atoms with Gasteiger partial charge in [0.25, 0.3) is 0 Å². The molecular weight excluding hydrogens is 291 g/mol. The smallest absolute Gasteiger partial charge is 0.312 e. The second-order valence-corrected chi connectivity index (χ2v) is 5.48. The number of sulfonamides is 1. The molecule has 0 aliphatic heterocycles. The number of nitrogens with two attached hydrogens (primary N) is 2. The maximum absolute atomic E-state index is 13.6. The Bertz CT molecular complexity index is 582. The van der Waals surface area contributed by atoms with Gasteiger partial charge in [0.15, 0.2) is 11.6 Å². The first-order valence-corrected chi connectivity index (χ1v) is 6.92. The van der Waals surface area contributed by atoms with E-state index < -0.39 is 21.9 Å². The summed E-state index contributed by atoms with van der Waals surface area (Å²) in [6.07, 6.45) is 0. The Kier molecular flexibility index (Phi) is 5.11. The van der Waals surface area contributed by atoms with Crippen LogP contribution in [0.1, 0.15) is 0 Å². The lowest BCUT2D eigenvalue weighted by Crippen LogP contribution is -2.37. The van der Waals surface area contributed by atoms with Gasteiger partial charge in [0.1, 0.15) is 0 Å². The van der Waals surface area contributed by atoms with Crippen molar-refractivity contribution in [3.05, 3.63) is 17.9 Å². The largest absolute Gasteiger partial charge is 0.492 e. The molecule has 0 spiro atoms. The molecule has 0 fully saturated rings. The zero-order chi connectivity index (χ0) is 15.3. The third-order valence-corrected chi connectivity index (χ3v) is 3.72. The van der Waals surface area contributed by atoms with Gasteiger partial charge < -0.3 is 21.5 Å². The normalized spacial score (nSPS) is 11.1. The van der Waals surface area contributed by atoms with Crippen LogP contribution in [0.15, 0.2) is 17.0 Å². The summed E-state index contributed by atoms with van der Waals surface area (Å²) in [6, 6.07) is 1.09. The first-order chi connectivity index (χ1) is 9.27. The minimum absolute atomic E-state index is 0.00266. The van der Waals surface area contributed by atoms with E-state index in [0.717, 1.165) is 12.1 Å². The average Bonchev–Trinajstić information content (AvgIpc) is 2.34. The summed E-state index contributed by atoms with van der Waals surface area (Å²) < 4.78 is 44.1. The number of methoxy groups -OCH3 is 1. The number of nitrogen functional groups attached to an aromatic ring is 1. The molecule has 0 aliphatic rings. The Balaban J connectivity index is 2.85. The van der Waals surface area contributed by atoms with Crippen LogP contribution in [0.2, 0.25) is 0 Å². The fourth-order valence-electron chi connectivity index (χ4n) is 1.41. The number of amides is 2. The third-order valence-electron chi connectivity index (χ3n) is 2.28. The van der Waals surface area contributed by atoms with Gasteiger partial charge in [-0.05, 0) is 12.1 Å². The summed E-state index contributed by atoms with van der Waals surface area (Å²) in [5.74, 6) is -1.11. The summed E-state index contributed by atoms with van der Waals surface area (Å²) >= 11 is 0. The topological polar surface area (TPSA) is 137 Å². The third kappa shape index (κ3) is 3.96. The van der Waals surface area contributed by atoms with Crippen LogP contribution in [0.4, 0.5) is 14.9 Å². The molecule has 0 heterocycles. The number of anilines is 1. The molecule has 0 unspecified atom stereocenters.